The molecule has 58 valence electrons. The molecule has 1 rings (SSSR count). The topological polar surface area (TPSA) is 12.0 Å². The predicted octanol–water partition coefficient (Wildman–Crippen LogP) is 2.09. The molecule has 1 saturated heterocycles. The maximum atomic E-state index is 3.39. The van der Waals surface area contributed by atoms with Gasteiger partial charge in [-0.1, -0.05) is 11.6 Å². The van der Waals surface area contributed by atoms with Gasteiger partial charge in [-0.25, -0.2) is 0 Å². The summed E-state index contributed by atoms with van der Waals surface area (Å²) >= 11 is 0. The van der Waals surface area contributed by atoms with Crippen molar-refractivity contribution in [3.63, 3.8) is 0 Å². The highest BCUT2D eigenvalue weighted by atomic mass is 15.0. The summed E-state index contributed by atoms with van der Waals surface area (Å²) < 4.78 is 0. The van der Waals surface area contributed by atoms with Crippen LogP contribution >= 0.6 is 0 Å². The summed E-state index contributed by atoms with van der Waals surface area (Å²) in [6.07, 6.45) is 6.28. The van der Waals surface area contributed by atoms with E-state index in [0.717, 1.165) is 6.04 Å². The highest BCUT2D eigenvalue weighted by Crippen LogP contribution is 2.09. The van der Waals surface area contributed by atoms with Gasteiger partial charge in [0.25, 0.3) is 0 Å². The summed E-state index contributed by atoms with van der Waals surface area (Å²) in [5, 5.41) is 3.39. The molecule has 1 N–H and O–H groups in total. The Hall–Kier alpha value is -0.300. The van der Waals surface area contributed by atoms with E-state index in [1.54, 1.807) is 0 Å². The number of rotatable bonds is 3. The Labute approximate surface area is 63.5 Å². The Morgan fingerprint density at radius 2 is 2.30 bits per heavy atom. The fraction of sp³-hybridized carbons (Fsp3) is 0.778. The first-order valence-corrected chi connectivity index (χ1v) is 4.16. The molecule has 0 aromatic rings. The minimum Gasteiger partial charge on any atom is -0.314 e. The van der Waals surface area contributed by atoms with Gasteiger partial charge in [0.05, 0.1) is 0 Å². The Morgan fingerprint density at radius 3 is 2.70 bits per heavy atom. The number of nitrogens with one attached hydrogen (secondary N) is 1. The minimum absolute atomic E-state index is 0.829. The SMILES string of the molecule is CC(C)=CCC[C@H]1CCN1. The van der Waals surface area contributed by atoms with Gasteiger partial charge in [0.2, 0.25) is 0 Å². The van der Waals surface area contributed by atoms with Gasteiger partial charge in [0, 0.05) is 6.04 Å². The van der Waals surface area contributed by atoms with Crippen LogP contribution in [0.4, 0.5) is 0 Å². The van der Waals surface area contributed by atoms with Crippen LogP contribution in [-0.2, 0) is 0 Å². The lowest BCUT2D eigenvalue weighted by molar-refractivity contribution is 0.353. The Kier molecular flexibility index (Phi) is 2.94. The normalized spacial score (nSPS) is 23.6. The molecule has 10 heavy (non-hydrogen) atoms. The minimum atomic E-state index is 0.829. The van der Waals surface area contributed by atoms with E-state index in [4.69, 9.17) is 0 Å². The van der Waals surface area contributed by atoms with Gasteiger partial charge in [0.15, 0.2) is 0 Å². The van der Waals surface area contributed by atoms with E-state index in [1.165, 1.54) is 31.4 Å². The maximum absolute atomic E-state index is 3.39. The summed E-state index contributed by atoms with van der Waals surface area (Å²) in [7, 11) is 0. The molecule has 1 atom stereocenters. The van der Waals surface area contributed by atoms with Crippen molar-refractivity contribution in [1.82, 2.24) is 5.32 Å². The summed E-state index contributed by atoms with van der Waals surface area (Å²) in [5.74, 6) is 0. The smallest absolute Gasteiger partial charge is 0.00821 e. The number of allylic oxidation sites excluding steroid dienone is 2. The van der Waals surface area contributed by atoms with E-state index in [1.807, 2.05) is 0 Å². The van der Waals surface area contributed by atoms with E-state index < -0.39 is 0 Å². The number of hydrogen-bond donors (Lipinski definition) is 1. The fourth-order valence-corrected chi connectivity index (χ4v) is 1.17. The van der Waals surface area contributed by atoms with Crippen LogP contribution < -0.4 is 5.32 Å². The van der Waals surface area contributed by atoms with Crippen LogP contribution in [0, 0.1) is 0 Å². The van der Waals surface area contributed by atoms with Crippen molar-refractivity contribution in [2.24, 2.45) is 0 Å². The lowest BCUT2D eigenvalue weighted by atomic mass is 10.0. The third-order valence-electron chi connectivity index (χ3n) is 1.99. The molecule has 0 radical (unpaired) electrons. The van der Waals surface area contributed by atoms with E-state index in [2.05, 4.69) is 25.2 Å². The van der Waals surface area contributed by atoms with Crippen molar-refractivity contribution in [2.75, 3.05) is 6.54 Å². The molecule has 0 aliphatic carbocycles. The van der Waals surface area contributed by atoms with Gasteiger partial charge >= 0.3 is 0 Å². The molecule has 0 aromatic heterocycles. The zero-order chi connectivity index (χ0) is 7.40. The zero-order valence-electron chi connectivity index (χ0n) is 6.98. The Bertz CT molecular complexity index is 119. The first kappa shape index (κ1) is 7.80. The average Bonchev–Trinajstić information content (AvgIpc) is 1.75. The highest BCUT2D eigenvalue weighted by Gasteiger charge is 2.13. The van der Waals surface area contributed by atoms with Crippen LogP contribution in [0.2, 0.25) is 0 Å². The predicted molar refractivity (Wildman–Crippen MR) is 45.1 cm³/mol. The van der Waals surface area contributed by atoms with Gasteiger partial charge < -0.3 is 5.32 Å². The molecule has 1 heteroatoms. The molecular weight excluding hydrogens is 122 g/mol. The van der Waals surface area contributed by atoms with Crippen molar-refractivity contribution >= 4 is 0 Å². The molecule has 1 aliphatic heterocycles. The molecule has 1 heterocycles. The largest absolute Gasteiger partial charge is 0.314 e. The van der Waals surface area contributed by atoms with E-state index in [0.29, 0.717) is 0 Å². The fourth-order valence-electron chi connectivity index (χ4n) is 1.17. The first-order valence-electron chi connectivity index (χ1n) is 4.16. The standard InChI is InChI=1S/C9H17N/c1-8(2)4-3-5-9-6-7-10-9/h4,9-10H,3,5-7H2,1-2H3/t9-/m0/s1. The summed E-state index contributed by atoms with van der Waals surface area (Å²) in [6.45, 7) is 5.56. The molecule has 1 nitrogen and oxygen atoms in total. The second kappa shape index (κ2) is 3.77. The third kappa shape index (κ3) is 2.53. The number of hydrogen-bond acceptors (Lipinski definition) is 1. The van der Waals surface area contributed by atoms with Gasteiger partial charge in [-0.2, -0.15) is 0 Å². The molecule has 0 bridgehead atoms. The summed E-state index contributed by atoms with van der Waals surface area (Å²) in [4.78, 5) is 0. The van der Waals surface area contributed by atoms with Crippen LogP contribution in [0.15, 0.2) is 11.6 Å². The van der Waals surface area contributed by atoms with E-state index >= 15 is 0 Å². The highest BCUT2D eigenvalue weighted by molar-refractivity contribution is 4.94. The molecule has 0 aromatic carbocycles. The summed E-state index contributed by atoms with van der Waals surface area (Å²) in [6, 6.07) is 0.829. The van der Waals surface area contributed by atoms with E-state index in [-0.39, 0.29) is 0 Å². The van der Waals surface area contributed by atoms with Crippen LogP contribution in [-0.4, -0.2) is 12.6 Å². The molecule has 0 amide bonds. The lowest BCUT2D eigenvalue weighted by Gasteiger charge is -2.26. The van der Waals surface area contributed by atoms with Crippen molar-refractivity contribution in [3.8, 4) is 0 Å². The molecule has 1 fully saturated rings. The second-order valence-electron chi connectivity index (χ2n) is 3.30. The maximum Gasteiger partial charge on any atom is 0.00821 e. The van der Waals surface area contributed by atoms with Crippen molar-refractivity contribution < 1.29 is 0 Å². The second-order valence-corrected chi connectivity index (χ2v) is 3.30. The first-order chi connectivity index (χ1) is 4.79. The lowest BCUT2D eigenvalue weighted by Crippen LogP contribution is -2.42. The molecule has 0 spiro atoms. The molecular formula is C9H17N. The van der Waals surface area contributed by atoms with Crippen molar-refractivity contribution in [3.05, 3.63) is 11.6 Å². The zero-order valence-corrected chi connectivity index (χ0v) is 6.98. The van der Waals surface area contributed by atoms with Crippen LogP contribution in [0.5, 0.6) is 0 Å². The monoisotopic (exact) mass is 139 g/mol. The van der Waals surface area contributed by atoms with Crippen LogP contribution in [0.3, 0.4) is 0 Å². The van der Waals surface area contributed by atoms with Crippen LogP contribution in [0.1, 0.15) is 33.1 Å². The van der Waals surface area contributed by atoms with E-state index in [9.17, 15) is 0 Å². The summed E-state index contributed by atoms with van der Waals surface area (Å²) in [5.41, 5.74) is 1.44. The Balaban J connectivity index is 1.99. The van der Waals surface area contributed by atoms with Gasteiger partial charge in [-0.15, -0.1) is 0 Å². The third-order valence-corrected chi connectivity index (χ3v) is 1.99. The van der Waals surface area contributed by atoms with Crippen molar-refractivity contribution in [1.29, 1.82) is 0 Å². The average molecular weight is 139 g/mol. The molecule has 0 unspecified atom stereocenters. The van der Waals surface area contributed by atoms with Gasteiger partial charge in [0.1, 0.15) is 0 Å². The van der Waals surface area contributed by atoms with Crippen molar-refractivity contribution in [2.45, 2.75) is 39.2 Å². The quantitative estimate of drug-likeness (QED) is 0.590. The molecule has 1 aliphatic rings. The van der Waals surface area contributed by atoms with Crippen LogP contribution in [0.25, 0.3) is 0 Å². The Morgan fingerprint density at radius 1 is 1.60 bits per heavy atom. The molecule has 0 saturated carbocycles. The van der Waals surface area contributed by atoms with Gasteiger partial charge in [-0.3, -0.25) is 0 Å². The van der Waals surface area contributed by atoms with Gasteiger partial charge in [-0.05, 0) is 39.7 Å².